The van der Waals surface area contributed by atoms with Crippen molar-refractivity contribution >= 4 is 37.6 Å². The second-order valence-corrected chi connectivity index (χ2v) is 16.6. The Hall–Kier alpha value is -2.55. The molecular weight excluding hydrogens is 657 g/mol. The van der Waals surface area contributed by atoms with Gasteiger partial charge in [-0.1, -0.05) is 0 Å². The molecule has 262 valence electrons. The van der Waals surface area contributed by atoms with Crippen LogP contribution in [0.25, 0.3) is 10.9 Å². The van der Waals surface area contributed by atoms with Crippen LogP contribution in [0.3, 0.4) is 0 Å². The molecule has 0 saturated carbocycles. The van der Waals surface area contributed by atoms with Crippen LogP contribution in [0.5, 0.6) is 5.75 Å². The van der Waals surface area contributed by atoms with Gasteiger partial charge in [-0.15, -0.1) is 0 Å². The summed E-state index contributed by atoms with van der Waals surface area (Å²) in [6.07, 6.45) is 6.79. The van der Waals surface area contributed by atoms with E-state index in [0.717, 1.165) is 77.1 Å². The van der Waals surface area contributed by atoms with Crippen LogP contribution in [0.4, 0.5) is 14.5 Å². The van der Waals surface area contributed by atoms with Gasteiger partial charge in [0.15, 0.2) is 16.5 Å². The number of sulfone groups is 1. The zero-order chi connectivity index (χ0) is 34.2. The number of rotatable bonds is 9. The van der Waals surface area contributed by atoms with Gasteiger partial charge in [0.1, 0.15) is 16.0 Å². The van der Waals surface area contributed by atoms with Gasteiger partial charge in [-0.05, 0) is 95.0 Å². The van der Waals surface area contributed by atoms with Gasteiger partial charge in [-0.2, -0.15) is 4.39 Å². The Kier molecular flexibility index (Phi) is 10.8. The van der Waals surface area contributed by atoms with Gasteiger partial charge < -0.3 is 19.1 Å². The van der Waals surface area contributed by atoms with Crippen molar-refractivity contribution in [3.8, 4) is 5.75 Å². The number of benzene rings is 2. The van der Waals surface area contributed by atoms with Crippen molar-refractivity contribution in [1.29, 1.82) is 0 Å². The molecule has 3 aliphatic heterocycles. The zero-order valence-electron chi connectivity index (χ0n) is 28.3. The second-order valence-electron chi connectivity index (χ2n) is 13.4. The quantitative estimate of drug-likeness (QED) is 0.288. The van der Waals surface area contributed by atoms with Crippen LogP contribution in [-0.4, -0.2) is 116 Å². The third kappa shape index (κ3) is 7.04. The molecule has 48 heavy (non-hydrogen) atoms. The summed E-state index contributed by atoms with van der Waals surface area (Å²) in [6, 6.07) is 8.93. The minimum absolute atomic E-state index is 0.103. The fourth-order valence-corrected chi connectivity index (χ4v) is 9.68. The second kappa shape index (κ2) is 14.7. The number of fused-ring (bicyclic) bond motifs is 1. The van der Waals surface area contributed by atoms with Crippen molar-refractivity contribution in [3.05, 3.63) is 48.2 Å². The van der Waals surface area contributed by atoms with E-state index in [1.165, 1.54) is 6.20 Å². The number of piperidine rings is 2. The fourth-order valence-electron chi connectivity index (χ4n) is 7.64. The molecule has 6 rings (SSSR count). The normalized spacial score (nSPS) is 20.5. The molecule has 9 nitrogen and oxygen atoms in total. The Morgan fingerprint density at radius 1 is 0.896 bits per heavy atom. The molecule has 1 unspecified atom stereocenters. The molecule has 2 aromatic carbocycles. The Morgan fingerprint density at radius 2 is 1.52 bits per heavy atom. The van der Waals surface area contributed by atoms with Gasteiger partial charge in [-0.25, -0.2) is 12.8 Å². The lowest BCUT2D eigenvalue weighted by atomic mass is 9.96. The smallest absolute Gasteiger partial charge is 0.213 e. The van der Waals surface area contributed by atoms with E-state index in [1.807, 2.05) is 4.90 Å². The van der Waals surface area contributed by atoms with Crippen molar-refractivity contribution in [2.45, 2.75) is 79.3 Å². The summed E-state index contributed by atoms with van der Waals surface area (Å²) >= 11 is -1.32. The summed E-state index contributed by atoms with van der Waals surface area (Å²) in [7, 11) is -4.56. The first-order valence-electron chi connectivity index (χ1n) is 17.1. The van der Waals surface area contributed by atoms with E-state index in [-0.39, 0.29) is 17.3 Å². The summed E-state index contributed by atoms with van der Waals surface area (Å²) < 4.78 is 76.2. The van der Waals surface area contributed by atoms with Crippen molar-refractivity contribution in [2.24, 2.45) is 0 Å². The summed E-state index contributed by atoms with van der Waals surface area (Å²) in [5.74, 6) is -3.18. The van der Waals surface area contributed by atoms with Gasteiger partial charge in [0.05, 0.1) is 17.8 Å². The molecule has 1 aromatic heterocycles. The maximum absolute atomic E-state index is 15.4. The molecule has 3 saturated heterocycles. The highest BCUT2D eigenvalue weighted by molar-refractivity contribution is 7.91. The van der Waals surface area contributed by atoms with Gasteiger partial charge in [0.25, 0.3) is 0 Å². The van der Waals surface area contributed by atoms with E-state index < -0.39 is 37.5 Å². The first-order chi connectivity index (χ1) is 23.0. The van der Waals surface area contributed by atoms with Crippen LogP contribution in [0.2, 0.25) is 0 Å². The van der Waals surface area contributed by atoms with Gasteiger partial charge in [-0.3, -0.25) is 14.8 Å². The molecule has 0 radical (unpaired) electrons. The number of nitrogens with zero attached hydrogens (tertiary/aromatic N) is 5. The first kappa shape index (κ1) is 35.3. The highest BCUT2D eigenvalue weighted by Gasteiger charge is 2.35. The fraction of sp³-hybridized carbons (Fsp3) is 0.571. The number of halogens is 2. The maximum atomic E-state index is 15.4. The average Bonchev–Trinajstić information content (AvgIpc) is 3.09. The van der Waals surface area contributed by atoms with Gasteiger partial charge >= 0.3 is 0 Å². The molecule has 1 atom stereocenters. The number of ether oxygens (including phenoxy) is 1. The monoisotopic (exact) mass is 703 g/mol. The van der Waals surface area contributed by atoms with Crippen LogP contribution in [0.15, 0.2) is 51.2 Å². The van der Waals surface area contributed by atoms with Crippen LogP contribution >= 0.6 is 0 Å². The highest BCUT2D eigenvalue weighted by atomic mass is 32.2. The predicted molar refractivity (Wildman–Crippen MR) is 185 cm³/mol. The molecule has 0 aliphatic carbocycles. The predicted octanol–water partition coefficient (Wildman–Crippen LogP) is 4.94. The lowest BCUT2D eigenvalue weighted by molar-refractivity contribution is 0.0359. The number of hydrogen-bond donors (Lipinski definition) is 0. The first-order valence-corrected chi connectivity index (χ1v) is 20.1. The van der Waals surface area contributed by atoms with Crippen LogP contribution in [-0.2, 0) is 21.0 Å². The Bertz CT molecular complexity index is 1700. The third-order valence-corrected chi connectivity index (χ3v) is 13.1. The third-order valence-electron chi connectivity index (χ3n) is 10.4. The molecule has 3 fully saturated rings. The number of piperazine rings is 1. The molecule has 3 aliphatic rings. The molecule has 0 spiro atoms. The summed E-state index contributed by atoms with van der Waals surface area (Å²) in [5.41, 5.74) is 0.925. The lowest BCUT2D eigenvalue weighted by Gasteiger charge is -2.46. The highest BCUT2D eigenvalue weighted by Crippen LogP contribution is 2.40. The molecule has 0 N–H and O–H groups in total. The molecular formula is C35H47F2N5O4S2. The van der Waals surface area contributed by atoms with E-state index in [1.54, 1.807) is 31.4 Å². The van der Waals surface area contributed by atoms with E-state index >= 15 is 4.39 Å². The van der Waals surface area contributed by atoms with Crippen LogP contribution < -0.4 is 9.64 Å². The van der Waals surface area contributed by atoms with E-state index in [4.69, 9.17) is 4.74 Å². The Balaban J connectivity index is 1.23. The Morgan fingerprint density at radius 3 is 2.12 bits per heavy atom. The number of pyridine rings is 1. The minimum atomic E-state index is -4.56. The minimum Gasteiger partial charge on any atom is -0.612 e. The molecule has 0 bridgehead atoms. The van der Waals surface area contributed by atoms with E-state index in [9.17, 15) is 17.4 Å². The standard InChI is InChI=1S/C35H47F2N5O4S2/c1-5-46-30-8-9-31(34(37)33(30)36)48(44,45)32-23-38-29-7-6-27(47(4)43)22-28(29)35(32)42-16-12-25(13-17-42)40-14-10-26(11-15-40)41-20-18-39(19-21-41)24(2)3/h6-9,22-26H,5,10-21H2,1-4H3. The molecule has 0 amide bonds. The van der Waals surface area contributed by atoms with E-state index in [2.05, 4.69) is 33.5 Å². The average molecular weight is 704 g/mol. The lowest BCUT2D eigenvalue weighted by Crippen LogP contribution is -2.56. The molecule has 4 heterocycles. The van der Waals surface area contributed by atoms with Crippen molar-refractivity contribution in [3.63, 3.8) is 0 Å². The SMILES string of the molecule is CCOc1ccc(S(=O)(=O)c2cnc3ccc([S+](C)[O-])cc3c2N2CCC(N3CCC(N4CCN(C(C)C)CC4)CC3)CC2)c(F)c1F. The van der Waals surface area contributed by atoms with Crippen molar-refractivity contribution < 1.29 is 26.5 Å². The van der Waals surface area contributed by atoms with Gasteiger partial charge in [0.2, 0.25) is 15.7 Å². The number of anilines is 1. The molecule has 13 heteroatoms. The topological polar surface area (TPSA) is 92.3 Å². The van der Waals surface area contributed by atoms with Crippen LogP contribution in [0, 0.1) is 11.6 Å². The number of likely N-dealkylation sites (tertiary alicyclic amines) is 1. The number of hydrogen-bond acceptors (Lipinski definition) is 9. The maximum Gasteiger partial charge on any atom is 0.213 e. The summed E-state index contributed by atoms with van der Waals surface area (Å²) in [6.45, 7) is 14.1. The zero-order valence-corrected chi connectivity index (χ0v) is 30.0. The van der Waals surface area contributed by atoms with Crippen LogP contribution in [0.1, 0.15) is 46.5 Å². The largest absolute Gasteiger partial charge is 0.612 e. The molecule has 3 aromatic rings. The van der Waals surface area contributed by atoms with Crippen molar-refractivity contribution in [1.82, 2.24) is 19.7 Å². The summed E-state index contributed by atoms with van der Waals surface area (Å²) in [4.78, 5) is 13.8. The van der Waals surface area contributed by atoms with E-state index in [0.29, 0.717) is 52.7 Å². The number of aromatic nitrogens is 1. The van der Waals surface area contributed by atoms with Gasteiger partial charge in [0, 0.05) is 75.0 Å². The van der Waals surface area contributed by atoms with Crippen molar-refractivity contribution in [2.75, 3.05) is 70.1 Å². The Labute approximate surface area is 286 Å². The summed E-state index contributed by atoms with van der Waals surface area (Å²) in [5, 5.41) is 0.521.